The second kappa shape index (κ2) is 7.29. The molecular weight excluding hydrogens is 378 g/mol. The van der Waals surface area contributed by atoms with Crippen molar-refractivity contribution in [2.24, 2.45) is 12.5 Å². The number of nitrogens with one attached hydrogen (secondary N) is 1. The van der Waals surface area contributed by atoms with Crippen molar-refractivity contribution >= 4 is 34.7 Å². The van der Waals surface area contributed by atoms with Crippen molar-refractivity contribution in [1.29, 1.82) is 0 Å². The van der Waals surface area contributed by atoms with E-state index in [4.69, 9.17) is 4.74 Å². The maximum Gasteiger partial charge on any atom is 0.275 e. The number of thiazole rings is 1. The number of aromatic nitrogens is 3. The predicted octanol–water partition coefficient (Wildman–Crippen LogP) is 2.79. The smallest absolute Gasteiger partial charge is 0.275 e. The topological polar surface area (TPSA) is 89.4 Å². The molecule has 4 rings (SSSR count). The highest BCUT2D eigenvalue weighted by molar-refractivity contribution is 7.10. The molecule has 9 heteroatoms. The van der Waals surface area contributed by atoms with Gasteiger partial charge in [0.25, 0.3) is 5.91 Å². The van der Waals surface area contributed by atoms with Crippen LogP contribution < -0.4 is 10.2 Å². The van der Waals surface area contributed by atoms with Crippen molar-refractivity contribution in [1.82, 2.24) is 14.8 Å². The summed E-state index contributed by atoms with van der Waals surface area (Å²) in [6, 6.07) is 0. The van der Waals surface area contributed by atoms with Gasteiger partial charge in [0.05, 0.1) is 11.2 Å². The summed E-state index contributed by atoms with van der Waals surface area (Å²) in [5.41, 5.74) is 0.514. The van der Waals surface area contributed by atoms with Crippen LogP contribution in [0.25, 0.3) is 0 Å². The van der Waals surface area contributed by atoms with Crippen LogP contribution >= 0.6 is 11.3 Å². The van der Waals surface area contributed by atoms with Crippen molar-refractivity contribution in [2.45, 2.75) is 39.0 Å². The van der Waals surface area contributed by atoms with Gasteiger partial charge in [0.1, 0.15) is 11.4 Å². The highest BCUT2D eigenvalue weighted by Gasteiger charge is 2.41. The fourth-order valence-electron chi connectivity index (χ4n) is 3.64. The van der Waals surface area contributed by atoms with Crippen molar-refractivity contribution in [3.05, 3.63) is 22.3 Å². The predicted molar refractivity (Wildman–Crippen MR) is 107 cm³/mol. The third kappa shape index (κ3) is 3.56. The highest BCUT2D eigenvalue weighted by atomic mass is 32.1. The lowest BCUT2D eigenvalue weighted by Gasteiger charge is -2.19. The first-order chi connectivity index (χ1) is 13.3. The molecule has 0 atom stereocenters. The Bertz CT molecular complexity index is 897. The van der Waals surface area contributed by atoms with E-state index in [1.54, 1.807) is 28.2 Å². The first kappa shape index (κ1) is 19.1. The number of hydrogen-bond donors (Lipinski definition) is 1. The molecule has 0 aromatic carbocycles. The van der Waals surface area contributed by atoms with Crippen LogP contribution in [-0.2, 0) is 16.6 Å². The second-order valence-corrected chi connectivity index (χ2v) is 8.93. The van der Waals surface area contributed by atoms with Crippen LogP contribution in [0.15, 0.2) is 11.6 Å². The first-order valence-corrected chi connectivity index (χ1v) is 10.4. The van der Waals surface area contributed by atoms with Crippen molar-refractivity contribution in [3.8, 4) is 0 Å². The summed E-state index contributed by atoms with van der Waals surface area (Å²) in [5, 5.41) is 10.1. The van der Waals surface area contributed by atoms with Gasteiger partial charge in [-0.2, -0.15) is 5.10 Å². The van der Waals surface area contributed by atoms with Crippen LogP contribution in [-0.4, -0.2) is 46.3 Å². The standard InChI is InChI=1S/C19H25N5O3S/c1-19(2)6-7-24(18(19)26)15-13(10-23(3)22-15)20-16(25)14-11-28-17(21-14)12-4-8-27-9-5-12/h10-12H,4-9H2,1-3H3,(H,20,25). The van der Waals surface area contributed by atoms with E-state index in [9.17, 15) is 9.59 Å². The number of hydrogen-bond acceptors (Lipinski definition) is 6. The summed E-state index contributed by atoms with van der Waals surface area (Å²) in [6.07, 6.45) is 4.36. The molecule has 0 unspecified atom stereocenters. The molecule has 2 aliphatic heterocycles. The molecule has 28 heavy (non-hydrogen) atoms. The van der Waals surface area contributed by atoms with Crippen molar-refractivity contribution in [3.63, 3.8) is 0 Å². The molecule has 2 aromatic rings. The lowest BCUT2D eigenvalue weighted by molar-refractivity contribution is -0.124. The molecule has 2 fully saturated rings. The quantitative estimate of drug-likeness (QED) is 0.848. The Morgan fingerprint density at radius 1 is 1.36 bits per heavy atom. The van der Waals surface area contributed by atoms with Gasteiger partial charge in [-0.1, -0.05) is 13.8 Å². The van der Waals surface area contributed by atoms with Gasteiger partial charge in [0.15, 0.2) is 5.82 Å². The molecule has 0 spiro atoms. The minimum absolute atomic E-state index is 0.0251. The minimum atomic E-state index is -0.410. The molecule has 2 amide bonds. The van der Waals surface area contributed by atoms with E-state index in [2.05, 4.69) is 15.4 Å². The molecule has 2 aliphatic rings. The largest absolute Gasteiger partial charge is 0.381 e. The van der Waals surface area contributed by atoms with E-state index in [0.29, 0.717) is 29.7 Å². The zero-order chi connectivity index (χ0) is 19.9. The van der Waals surface area contributed by atoms with Gasteiger partial charge < -0.3 is 10.1 Å². The highest BCUT2D eigenvalue weighted by Crippen LogP contribution is 2.36. The number of anilines is 2. The minimum Gasteiger partial charge on any atom is -0.381 e. The SMILES string of the molecule is Cn1cc(NC(=O)c2csc(C3CCOCC3)n2)c(N2CCC(C)(C)C2=O)n1. The van der Waals surface area contributed by atoms with Gasteiger partial charge in [-0.15, -0.1) is 11.3 Å². The van der Waals surface area contributed by atoms with Gasteiger partial charge in [0.2, 0.25) is 5.91 Å². The van der Waals surface area contributed by atoms with E-state index >= 15 is 0 Å². The van der Waals surface area contributed by atoms with Gasteiger partial charge in [-0.3, -0.25) is 19.2 Å². The summed E-state index contributed by atoms with van der Waals surface area (Å²) in [7, 11) is 1.77. The maximum atomic E-state index is 12.8. The van der Waals surface area contributed by atoms with E-state index in [-0.39, 0.29) is 11.8 Å². The van der Waals surface area contributed by atoms with Crippen LogP contribution in [0.2, 0.25) is 0 Å². The van der Waals surface area contributed by atoms with Gasteiger partial charge >= 0.3 is 0 Å². The lowest BCUT2D eigenvalue weighted by atomic mass is 9.92. The first-order valence-electron chi connectivity index (χ1n) is 9.55. The lowest BCUT2D eigenvalue weighted by Crippen LogP contribution is -2.32. The number of carbonyl (C=O) groups is 2. The Morgan fingerprint density at radius 3 is 2.79 bits per heavy atom. The number of rotatable bonds is 4. The monoisotopic (exact) mass is 403 g/mol. The molecule has 8 nitrogen and oxygen atoms in total. The normalized spacial score (nSPS) is 20.0. The summed E-state index contributed by atoms with van der Waals surface area (Å²) >= 11 is 1.52. The second-order valence-electron chi connectivity index (χ2n) is 8.04. The van der Waals surface area contributed by atoms with E-state index < -0.39 is 5.41 Å². The van der Waals surface area contributed by atoms with E-state index in [1.165, 1.54) is 11.3 Å². The maximum absolute atomic E-state index is 12.8. The van der Waals surface area contributed by atoms with Crippen LogP contribution in [0, 0.1) is 5.41 Å². The summed E-state index contributed by atoms with van der Waals surface area (Å²) in [6.45, 7) is 5.94. The van der Waals surface area contributed by atoms with Crippen molar-refractivity contribution in [2.75, 3.05) is 30.0 Å². The third-order valence-electron chi connectivity index (χ3n) is 5.42. The number of ether oxygens (including phenoxy) is 1. The molecular formula is C19H25N5O3S. The number of aryl methyl sites for hydroxylation is 1. The van der Waals surface area contributed by atoms with Gasteiger partial charge in [-0.25, -0.2) is 4.98 Å². The van der Waals surface area contributed by atoms with Crippen molar-refractivity contribution < 1.29 is 14.3 Å². The van der Waals surface area contributed by atoms with Crippen LogP contribution in [0.4, 0.5) is 11.5 Å². The Morgan fingerprint density at radius 2 is 2.11 bits per heavy atom. The average molecular weight is 404 g/mol. The fourth-order valence-corrected chi connectivity index (χ4v) is 4.61. The van der Waals surface area contributed by atoms with Crippen LogP contribution in [0.3, 0.4) is 0 Å². The number of amides is 2. The molecule has 4 heterocycles. The molecule has 2 saturated heterocycles. The summed E-state index contributed by atoms with van der Waals surface area (Å²) in [5.74, 6) is 0.594. The average Bonchev–Trinajstić information content (AvgIpc) is 3.35. The zero-order valence-corrected chi connectivity index (χ0v) is 17.2. The van der Waals surface area contributed by atoms with E-state index in [1.807, 2.05) is 13.8 Å². The Balaban J connectivity index is 1.51. The van der Waals surface area contributed by atoms with Gasteiger partial charge in [0, 0.05) is 43.5 Å². The molecule has 150 valence electrons. The number of nitrogens with zero attached hydrogens (tertiary/aromatic N) is 4. The molecule has 2 aromatic heterocycles. The fraction of sp³-hybridized carbons (Fsp3) is 0.579. The molecule has 0 radical (unpaired) electrons. The van der Waals surface area contributed by atoms with Crippen LogP contribution in [0.1, 0.15) is 54.5 Å². The van der Waals surface area contributed by atoms with E-state index in [0.717, 1.165) is 37.5 Å². The molecule has 1 N–H and O–H groups in total. The molecule has 0 bridgehead atoms. The Labute approximate surface area is 167 Å². The third-order valence-corrected chi connectivity index (χ3v) is 6.43. The summed E-state index contributed by atoms with van der Waals surface area (Å²) < 4.78 is 7.01. The zero-order valence-electron chi connectivity index (χ0n) is 16.4. The van der Waals surface area contributed by atoms with Crippen LogP contribution in [0.5, 0.6) is 0 Å². The number of carbonyl (C=O) groups excluding carboxylic acids is 2. The molecule has 0 saturated carbocycles. The molecule has 0 aliphatic carbocycles. The van der Waals surface area contributed by atoms with Gasteiger partial charge in [-0.05, 0) is 19.3 Å². The Hall–Kier alpha value is -2.26. The summed E-state index contributed by atoms with van der Waals surface area (Å²) in [4.78, 5) is 31.6. The Kier molecular flexibility index (Phi) is 4.96.